The second-order valence-corrected chi connectivity index (χ2v) is 5.97. The molecule has 4 rings (SSSR count). The molecule has 1 aliphatic heterocycles. The number of hydrogen-bond donors (Lipinski definition) is 2. The van der Waals surface area contributed by atoms with Crippen molar-refractivity contribution in [2.75, 3.05) is 31.0 Å². The van der Waals surface area contributed by atoms with Crippen LogP contribution >= 0.6 is 0 Å². The predicted octanol–water partition coefficient (Wildman–Crippen LogP) is 3.25. The molecule has 28 heavy (non-hydrogen) atoms. The second kappa shape index (κ2) is 7.83. The summed E-state index contributed by atoms with van der Waals surface area (Å²) >= 11 is 0. The van der Waals surface area contributed by atoms with Crippen LogP contribution in [0.1, 0.15) is 10.4 Å². The van der Waals surface area contributed by atoms with Gasteiger partial charge in [0.05, 0.1) is 7.11 Å². The molecule has 0 aliphatic carbocycles. The molecule has 0 saturated carbocycles. The monoisotopic (exact) mass is 378 g/mol. The van der Waals surface area contributed by atoms with E-state index in [1.165, 1.54) is 0 Å². The van der Waals surface area contributed by atoms with Gasteiger partial charge >= 0.3 is 0 Å². The van der Waals surface area contributed by atoms with E-state index < -0.39 is 0 Å². The van der Waals surface area contributed by atoms with E-state index >= 15 is 0 Å². The van der Waals surface area contributed by atoms with Crippen LogP contribution in [0.3, 0.4) is 0 Å². The molecule has 0 radical (unpaired) electrons. The molecule has 142 valence electrons. The highest BCUT2D eigenvalue weighted by Crippen LogP contribution is 2.33. The van der Waals surface area contributed by atoms with E-state index in [0.29, 0.717) is 41.9 Å². The van der Waals surface area contributed by atoms with Crippen LogP contribution in [0.5, 0.6) is 17.2 Å². The number of nitrogens with zero attached hydrogens (tertiary/aromatic N) is 2. The Labute approximate surface area is 161 Å². The number of nitrogens with one attached hydrogen (secondary N) is 2. The first kappa shape index (κ1) is 17.6. The highest BCUT2D eigenvalue weighted by Gasteiger charge is 2.12. The van der Waals surface area contributed by atoms with Gasteiger partial charge in [-0.15, -0.1) is 10.2 Å². The summed E-state index contributed by atoms with van der Waals surface area (Å²) in [6, 6.07) is 15.8. The minimum absolute atomic E-state index is 0.274. The van der Waals surface area contributed by atoms with Crippen LogP contribution < -0.4 is 24.8 Å². The van der Waals surface area contributed by atoms with E-state index in [4.69, 9.17) is 14.2 Å². The van der Waals surface area contributed by atoms with Gasteiger partial charge in [0.1, 0.15) is 19.0 Å². The van der Waals surface area contributed by atoms with E-state index in [9.17, 15) is 4.79 Å². The summed E-state index contributed by atoms with van der Waals surface area (Å²) < 4.78 is 16.2. The minimum Gasteiger partial charge on any atom is -0.497 e. The van der Waals surface area contributed by atoms with Gasteiger partial charge in [0, 0.05) is 17.3 Å². The summed E-state index contributed by atoms with van der Waals surface area (Å²) in [7, 11) is 1.57. The number of rotatable bonds is 5. The summed E-state index contributed by atoms with van der Waals surface area (Å²) in [5.41, 5.74) is 1.30. The maximum atomic E-state index is 12.3. The number of hydrogen-bond acceptors (Lipinski definition) is 7. The lowest BCUT2D eigenvalue weighted by Crippen LogP contribution is -2.15. The van der Waals surface area contributed by atoms with Gasteiger partial charge in [-0.2, -0.15) is 0 Å². The number of amides is 1. The molecule has 0 bridgehead atoms. The number of methoxy groups -OCH3 is 1. The number of carbonyl (C=O) groups is 1. The molecule has 2 aromatic carbocycles. The van der Waals surface area contributed by atoms with Crippen molar-refractivity contribution in [1.82, 2.24) is 10.2 Å². The largest absolute Gasteiger partial charge is 0.497 e. The van der Waals surface area contributed by atoms with E-state index in [1.54, 1.807) is 43.5 Å². The van der Waals surface area contributed by atoms with E-state index in [2.05, 4.69) is 20.8 Å². The molecule has 8 heteroatoms. The quantitative estimate of drug-likeness (QED) is 0.704. The first-order valence-electron chi connectivity index (χ1n) is 8.67. The summed E-state index contributed by atoms with van der Waals surface area (Å²) in [5.74, 6) is 2.72. The number of fused-ring (bicyclic) bond motifs is 1. The third-order valence-electron chi connectivity index (χ3n) is 4.07. The van der Waals surface area contributed by atoms with Crippen LogP contribution in [0.25, 0.3) is 0 Å². The van der Waals surface area contributed by atoms with Crippen molar-refractivity contribution >= 4 is 23.2 Å². The average Bonchev–Trinajstić information content (AvgIpc) is 2.75. The fraction of sp³-hybridized carbons (Fsp3) is 0.150. The molecule has 1 amide bonds. The summed E-state index contributed by atoms with van der Waals surface area (Å²) in [6.45, 7) is 1.08. The van der Waals surface area contributed by atoms with Crippen molar-refractivity contribution in [1.29, 1.82) is 0 Å². The molecule has 1 aliphatic rings. The van der Waals surface area contributed by atoms with Crippen LogP contribution in [-0.4, -0.2) is 36.4 Å². The lowest BCUT2D eigenvalue weighted by molar-refractivity contribution is 0.102. The van der Waals surface area contributed by atoms with Crippen molar-refractivity contribution in [2.45, 2.75) is 0 Å². The molecular formula is C20H18N4O4. The van der Waals surface area contributed by atoms with Crippen LogP contribution in [0.15, 0.2) is 54.6 Å². The molecule has 0 spiro atoms. The summed E-state index contributed by atoms with van der Waals surface area (Å²) in [5, 5.41) is 14.0. The van der Waals surface area contributed by atoms with Crippen LogP contribution in [0, 0.1) is 0 Å². The molecule has 1 aromatic heterocycles. The molecular weight excluding hydrogens is 360 g/mol. The van der Waals surface area contributed by atoms with E-state index in [-0.39, 0.29) is 5.91 Å². The summed E-state index contributed by atoms with van der Waals surface area (Å²) in [6.07, 6.45) is 0. The van der Waals surface area contributed by atoms with Gasteiger partial charge in [0.15, 0.2) is 23.1 Å². The van der Waals surface area contributed by atoms with Gasteiger partial charge < -0.3 is 24.8 Å². The van der Waals surface area contributed by atoms with Crippen LogP contribution in [-0.2, 0) is 0 Å². The van der Waals surface area contributed by atoms with Gasteiger partial charge in [-0.05, 0) is 48.5 Å². The number of anilines is 3. The molecule has 2 heterocycles. The van der Waals surface area contributed by atoms with Crippen molar-refractivity contribution < 1.29 is 19.0 Å². The van der Waals surface area contributed by atoms with E-state index in [0.717, 1.165) is 11.4 Å². The van der Waals surface area contributed by atoms with Crippen LogP contribution in [0.2, 0.25) is 0 Å². The van der Waals surface area contributed by atoms with Gasteiger partial charge in [0.2, 0.25) is 0 Å². The zero-order valence-corrected chi connectivity index (χ0v) is 15.1. The Morgan fingerprint density at radius 1 is 0.929 bits per heavy atom. The molecule has 0 fully saturated rings. The first-order chi connectivity index (χ1) is 13.7. The van der Waals surface area contributed by atoms with Crippen molar-refractivity contribution in [3.8, 4) is 17.2 Å². The molecule has 2 N–H and O–H groups in total. The standard InChI is InChI=1S/C20H18N4O4/c1-26-15-5-2-13(3-6-15)20(25)22-19-9-8-18(23-24-19)21-14-4-7-16-17(12-14)28-11-10-27-16/h2-9,12H,10-11H2,1H3,(H,21,23)(H,22,24,25). The number of carbonyl (C=O) groups excluding carboxylic acids is 1. The molecule has 3 aromatic rings. The first-order valence-corrected chi connectivity index (χ1v) is 8.67. The highest BCUT2D eigenvalue weighted by molar-refractivity contribution is 6.03. The zero-order chi connectivity index (χ0) is 19.3. The van der Waals surface area contributed by atoms with Crippen molar-refractivity contribution in [3.63, 3.8) is 0 Å². The average molecular weight is 378 g/mol. The highest BCUT2D eigenvalue weighted by atomic mass is 16.6. The molecule has 0 unspecified atom stereocenters. The predicted molar refractivity (Wildman–Crippen MR) is 104 cm³/mol. The molecule has 8 nitrogen and oxygen atoms in total. The number of ether oxygens (including phenoxy) is 3. The van der Waals surface area contributed by atoms with E-state index in [1.807, 2.05) is 18.2 Å². The Hall–Kier alpha value is -3.81. The topological polar surface area (TPSA) is 94.6 Å². The van der Waals surface area contributed by atoms with Crippen LogP contribution in [0.4, 0.5) is 17.3 Å². The Kier molecular flexibility index (Phi) is 4.92. The van der Waals surface area contributed by atoms with Gasteiger partial charge in [-0.3, -0.25) is 4.79 Å². The Bertz CT molecular complexity index is 975. The van der Waals surface area contributed by atoms with Gasteiger partial charge in [-0.25, -0.2) is 0 Å². The molecule has 0 saturated heterocycles. The number of aromatic nitrogens is 2. The smallest absolute Gasteiger partial charge is 0.256 e. The van der Waals surface area contributed by atoms with Crippen molar-refractivity contribution in [3.05, 3.63) is 60.2 Å². The number of benzene rings is 2. The van der Waals surface area contributed by atoms with Gasteiger partial charge in [0.25, 0.3) is 5.91 Å². The normalized spacial score (nSPS) is 12.2. The Balaban J connectivity index is 1.40. The minimum atomic E-state index is -0.274. The Morgan fingerprint density at radius 2 is 1.64 bits per heavy atom. The fourth-order valence-electron chi connectivity index (χ4n) is 2.67. The van der Waals surface area contributed by atoms with Gasteiger partial charge in [-0.1, -0.05) is 0 Å². The Morgan fingerprint density at radius 3 is 2.36 bits per heavy atom. The second-order valence-electron chi connectivity index (χ2n) is 5.97. The lowest BCUT2D eigenvalue weighted by Gasteiger charge is -2.19. The third-order valence-corrected chi connectivity index (χ3v) is 4.07. The SMILES string of the molecule is COc1ccc(C(=O)Nc2ccc(Nc3ccc4c(c3)OCCO4)nn2)cc1. The van der Waals surface area contributed by atoms with Crippen molar-refractivity contribution in [2.24, 2.45) is 0 Å². The maximum absolute atomic E-state index is 12.3. The lowest BCUT2D eigenvalue weighted by atomic mass is 10.2. The zero-order valence-electron chi connectivity index (χ0n) is 15.1. The molecule has 0 atom stereocenters. The fourth-order valence-corrected chi connectivity index (χ4v) is 2.67. The summed E-state index contributed by atoms with van der Waals surface area (Å²) in [4.78, 5) is 12.3. The third kappa shape index (κ3) is 3.96. The maximum Gasteiger partial charge on any atom is 0.256 e.